The van der Waals surface area contributed by atoms with Gasteiger partial charge in [0.15, 0.2) is 0 Å². The molecule has 1 aliphatic heterocycles. The third kappa shape index (κ3) is 3.82. The van der Waals surface area contributed by atoms with E-state index in [1.807, 2.05) is 12.1 Å². The van der Waals surface area contributed by atoms with E-state index < -0.39 is 0 Å². The molecule has 2 aromatic rings. The van der Waals surface area contributed by atoms with Crippen LogP contribution in [0.15, 0.2) is 42.5 Å². The first-order valence-electron chi connectivity index (χ1n) is 8.98. The first kappa shape index (κ1) is 16.1. The normalized spacial score (nSPS) is 21.1. The molecule has 0 radical (unpaired) electrons. The van der Waals surface area contributed by atoms with E-state index in [4.69, 9.17) is 0 Å². The summed E-state index contributed by atoms with van der Waals surface area (Å²) in [4.78, 5) is 26.6. The minimum atomic E-state index is -0.390. The molecule has 2 aliphatic rings. The summed E-state index contributed by atoms with van der Waals surface area (Å²) in [6, 6.07) is 14.6. The van der Waals surface area contributed by atoms with Gasteiger partial charge in [-0.15, -0.1) is 0 Å². The van der Waals surface area contributed by atoms with Gasteiger partial charge >= 0.3 is 0 Å². The van der Waals surface area contributed by atoms with Crippen LogP contribution in [0.5, 0.6) is 0 Å². The van der Waals surface area contributed by atoms with Crippen LogP contribution in [0.4, 0.5) is 0 Å². The summed E-state index contributed by atoms with van der Waals surface area (Å²) in [5.74, 6) is -0.0638. The van der Waals surface area contributed by atoms with Crippen molar-refractivity contribution in [1.82, 2.24) is 15.5 Å². The van der Waals surface area contributed by atoms with Crippen molar-refractivity contribution in [2.45, 2.75) is 37.9 Å². The van der Waals surface area contributed by atoms with Gasteiger partial charge < -0.3 is 10.6 Å². The molecule has 0 unspecified atom stereocenters. The number of benzene rings is 2. The molecule has 0 spiro atoms. The minimum absolute atomic E-state index is 0.0203. The van der Waals surface area contributed by atoms with Crippen molar-refractivity contribution >= 4 is 22.6 Å². The first-order chi connectivity index (χ1) is 12.2. The Balaban J connectivity index is 1.48. The average Bonchev–Trinajstić information content (AvgIpc) is 3.42. The fraction of sp³-hybridized carbons (Fsp3) is 0.400. The van der Waals surface area contributed by atoms with Crippen molar-refractivity contribution in [2.75, 3.05) is 13.1 Å². The first-order valence-corrected chi connectivity index (χ1v) is 8.98. The van der Waals surface area contributed by atoms with Crippen LogP contribution in [-0.4, -0.2) is 41.9 Å². The van der Waals surface area contributed by atoms with E-state index in [0.717, 1.165) is 19.4 Å². The van der Waals surface area contributed by atoms with Gasteiger partial charge in [-0.1, -0.05) is 36.4 Å². The molecular formula is C20H23N3O2. The topological polar surface area (TPSA) is 61.4 Å². The molecule has 2 amide bonds. The number of rotatable bonds is 5. The number of carbonyl (C=O) groups excluding carboxylic acids is 2. The van der Waals surface area contributed by atoms with Crippen LogP contribution in [0, 0.1) is 0 Å². The maximum Gasteiger partial charge on any atom is 0.237 e. The van der Waals surface area contributed by atoms with Gasteiger partial charge in [0, 0.05) is 25.7 Å². The molecule has 2 fully saturated rings. The summed E-state index contributed by atoms with van der Waals surface area (Å²) in [6.45, 7) is 2.08. The van der Waals surface area contributed by atoms with Crippen LogP contribution in [0.2, 0.25) is 0 Å². The number of carbonyl (C=O) groups is 2. The van der Waals surface area contributed by atoms with E-state index in [1.165, 1.54) is 16.3 Å². The lowest BCUT2D eigenvalue weighted by Gasteiger charge is -2.34. The smallest absolute Gasteiger partial charge is 0.237 e. The lowest BCUT2D eigenvalue weighted by molar-refractivity contribution is -0.134. The highest BCUT2D eigenvalue weighted by Gasteiger charge is 2.33. The van der Waals surface area contributed by atoms with E-state index in [0.29, 0.717) is 19.1 Å². The van der Waals surface area contributed by atoms with E-state index in [2.05, 4.69) is 45.9 Å². The van der Waals surface area contributed by atoms with Crippen LogP contribution < -0.4 is 10.6 Å². The molecule has 1 heterocycles. The summed E-state index contributed by atoms with van der Waals surface area (Å²) >= 11 is 0. The van der Waals surface area contributed by atoms with Crippen molar-refractivity contribution in [2.24, 2.45) is 0 Å². The molecular weight excluding hydrogens is 314 g/mol. The Bertz CT molecular complexity index is 800. The van der Waals surface area contributed by atoms with E-state index in [9.17, 15) is 9.59 Å². The van der Waals surface area contributed by atoms with E-state index >= 15 is 0 Å². The number of amides is 2. The molecule has 2 aromatic carbocycles. The molecule has 4 rings (SSSR count). The Morgan fingerprint density at radius 2 is 1.96 bits per heavy atom. The highest BCUT2D eigenvalue weighted by atomic mass is 16.2. The van der Waals surface area contributed by atoms with E-state index in [1.54, 1.807) is 0 Å². The van der Waals surface area contributed by atoms with Crippen molar-refractivity contribution in [3.63, 3.8) is 0 Å². The van der Waals surface area contributed by atoms with E-state index in [-0.39, 0.29) is 24.3 Å². The predicted molar refractivity (Wildman–Crippen MR) is 96.9 cm³/mol. The summed E-state index contributed by atoms with van der Waals surface area (Å²) in [6.07, 6.45) is 2.35. The van der Waals surface area contributed by atoms with Gasteiger partial charge in [-0.2, -0.15) is 0 Å². The zero-order valence-corrected chi connectivity index (χ0v) is 14.2. The number of nitrogens with one attached hydrogen (secondary N) is 2. The number of hydrogen-bond donors (Lipinski definition) is 2. The van der Waals surface area contributed by atoms with Gasteiger partial charge in [-0.25, -0.2) is 0 Å². The van der Waals surface area contributed by atoms with Gasteiger partial charge in [-0.05, 0) is 35.2 Å². The standard InChI is InChI=1S/C20H23N3O2/c24-19(22-17-7-8-17)12-18-20(25)21-9-10-23(18)13-14-5-6-15-3-1-2-4-16(15)11-14/h1-6,11,17-18H,7-10,12-13H2,(H,21,25)(H,22,24)/t18-/m1/s1. The third-order valence-corrected chi connectivity index (χ3v) is 4.96. The Kier molecular flexibility index (Phi) is 4.40. The molecule has 130 valence electrons. The largest absolute Gasteiger partial charge is 0.353 e. The van der Waals surface area contributed by atoms with Crippen LogP contribution in [0.3, 0.4) is 0 Å². The predicted octanol–water partition coefficient (Wildman–Crippen LogP) is 1.81. The third-order valence-electron chi connectivity index (χ3n) is 4.96. The zero-order chi connectivity index (χ0) is 17.2. The minimum Gasteiger partial charge on any atom is -0.353 e. The zero-order valence-electron chi connectivity index (χ0n) is 14.2. The summed E-state index contributed by atoms with van der Waals surface area (Å²) in [5, 5.41) is 8.29. The highest BCUT2D eigenvalue weighted by Crippen LogP contribution is 2.21. The molecule has 1 saturated carbocycles. The number of hydrogen-bond acceptors (Lipinski definition) is 3. The monoisotopic (exact) mass is 337 g/mol. The molecule has 5 heteroatoms. The molecule has 25 heavy (non-hydrogen) atoms. The molecule has 0 aromatic heterocycles. The summed E-state index contributed by atoms with van der Waals surface area (Å²) in [5.41, 5.74) is 1.17. The second-order valence-electron chi connectivity index (χ2n) is 7.00. The van der Waals surface area contributed by atoms with Crippen LogP contribution >= 0.6 is 0 Å². The van der Waals surface area contributed by atoms with Crippen LogP contribution in [-0.2, 0) is 16.1 Å². The van der Waals surface area contributed by atoms with Gasteiger partial charge in [0.1, 0.15) is 0 Å². The number of piperazine rings is 1. The second-order valence-corrected chi connectivity index (χ2v) is 7.00. The second kappa shape index (κ2) is 6.84. The maximum absolute atomic E-state index is 12.3. The highest BCUT2D eigenvalue weighted by molar-refractivity contribution is 5.89. The molecule has 2 N–H and O–H groups in total. The van der Waals surface area contributed by atoms with Crippen molar-refractivity contribution < 1.29 is 9.59 Å². The Labute approximate surface area is 147 Å². The molecule has 1 aliphatic carbocycles. The van der Waals surface area contributed by atoms with Crippen molar-refractivity contribution in [1.29, 1.82) is 0 Å². The lowest BCUT2D eigenvalue weighted by Crippen LogP contribution is -2.56. The molecule has 0 bridgehead atoms. The average molecular weight is 337 g/mol. The van der Waals surface area contributed by atoms with Crippen molar-refractivity contribution in [3.05, 3.63) is 48.0 Å². The van der Waals surface area contributed by atoms with Gasteiger partial charge in [-0.3, -0.25) is 14.5 Å². The maximum atomic E-state index is 12.3. The van der Waals surface area contributed by atoms with Crippen LogP contribution in [0.25, 0.3) is 10.8 Å². The number of nitrogens with zero attached hydrogens (tertiary/aromatic N) is 1. The quantitative estimate of drug-likeness (QED) is 0.875. The van der Waals surface area contributed by atoms with Crippen LogP contribution in [0.1, 0.15) is 24.8 Å². The molecule has 5 nitrogen and oxygen atoms in total. The fourth-order valence-corrected chi connectivity index (χ4v) is 3.43. The van der Waals surface area contributed by atoms with Gasteiger partial charge in [0.05, 0.1) is 12.5 Å². The van der Waals surface area contributed by atoms with Crippen molar-refractivity contribution in [3.8, 4) is 0 Å². The SMILES string of the molecule is O=C(C[C@@H]1C(=O)NCCN1Cc1ccc2ccccc2c1)NC1CC1. The lowest BCUT2D eigenvalue weighted by atomic mass is 10.0. The summed E-state index contributed by atoms with van der Waals surface area (Å²) < 4.78 is 0. The Morgan fingerprint density at radius 1 is 1.16 bits per heavy atom. The summed E-state index contributed by atoms with van der Waals surface area (Å²) in [7, 11) is 0. The number of fused-ring (bicyclic) bond motifs is 1. The van der Waals surface area contributed by atoms with Gasteiger partial charge in [0.25, 0.3) is 0 Å². The molecule has 1 atom stereocenters. The Hall–Kier alpha value is -2.40. The molecule has 1 saturated heterocycles. The fourth-order valence-electron chi connectivity index (χ4n) is 3.43. The Morgan fingerprint density at radius 3 is 2.76 bits per heavy atom. The van der Waals surface area contributed by atoms with Gasteiger partial charge in [0.2, 0.25) is 11.8 Å².